The van der Waals surface area contributed by atoms with Crippen LogP contribution in [0.2, 0.25) is 5.15 Å². The predicted octanol–water partition coefficient (Wildman–Crippen LogP) is 1.58. The molecule has 1 aliphatic heterocycles. The molecule has 1 aromatic heterocycles. The average molecular weight is 366 g/mol. The van der Waals surface area contributed by atoms with E-state index in [9.17, 15) is 9.18 Å². The molecule has 1 saturated heterocycles. The average Bonchev–Trinajstić information content (AvgIpc) is 2.60. The second-order valence-electron chi connectivity index (χ2n) is 5.52. The molecule has 2 heterocycles. The van der Waals surface area contributed by atoms with E-state index in [2.05, 4.69) is 9.97 Å². The molecule has 1 aromatic carbocycles. The molecule has 0 bridgehead atoms. The third-order valence-electron chi connectivity index (χ3n) is 3.83. The second-order valence-corrected chi connectivity index (χ2v) is 5.90. The van der Waals surface area contributed by atoms with Crippen molar-refractivity contribution in [2.75, 3.05) is 43.4 Å². The summed E-state index contributed by atoms with van der Waals surface area (Å²) in [6.07, 6.45) is 0. The van der Waals surface area contributed by atoms with Crippen molar-refractivity contribution in [2.24, 2.45) is 0 Å². The van der Waals surface area contributed by atoms with Gasteiger partial charge < -0.3 is 20.3 Å². The van der Waals surface area contributed by atoms with Crippen molar-refractivity contribution in [2.45, 2.75) is 0 Å². The number of hydrogen-bond donors (Lipinski definition) is 1. The van der Waals surface area contributed by atoms with E-state index >= 15 is 0 Å². The Kier molecular flexibility index (Phi) is 5.18. The third kappa shape index (κ3) is 4.48. The SMILES string of the molecule is Nc1nc(Cl)cc(N2CCN(C(=O)COc3ccc(F)cc3)CC2)n1. The van der Waals surface area contributed by atoms with Crippen LogP contribution in [0.25, 0.3) is 0 Å². The molecule has 2 N–H and O–H groups in total. The van der Waals surface area contributed by atoms with Crippen LogP contribution in [-0.4, -0.2) is 53.6 Å². The number of nitrogen functional groups attached to an aromatic ring is 1. The van der Waals surface area contributed by atoms with Crippen LogP contribution in [0.3, 0.4) is 0 Å². The first-order chi connectivity index (χ1) is 12.0. The van der Waals surface area contributed by atoms with E-state index in [1.807, 2.05) is 4.90 Å². The Morgan fingerprint density at radius 3 is 2.52 bits per heavy atom. The fourth-order valence-electron chi connectivity index (χ4n) is 2.54. The Hall–Kier alpha value is -2.61. The van der Waals surface area contributed by atoms with Crippen LogP contribution >= 0.6 is 11.6 Å². The largest absolute Gasteiger partial charge is 0.484 e. The van der Waals surface area contributed by atoms with E-state index in [0.29, 0.717) is 37.7 Å². The zero-order chi connectivity index (χ0) is 17.8. The minimum Gasteiger partial charge on any atom is -0.484 e. The van der Waals surface area contributed by atoms with Crippen molar-refractivity contribution >= 4 is 29.3 Å². The van der Waals surface area contributed by atoms with Crippen molar-refractivity contribution in [3.63, 3.8) is 0 Å². The lowest BCUT2D eigenvalue weighted by atomic mass is 10.3. The topological polar surface area (TPSA) is 84.6 Å². The van der Waals surface area contributed by atoms with Gasteiger partial charge in [0, 0.05) is 32.2 Å². The number of nitrogens with two attached hydrogens (primary N) is 1. The highest BCUT2D eigenvalue weighted by Gasteiger charge is 2.22. The van der Waals surface area contributed by atoms with E-state index in [4.69, 9.17) is 22.1 Å². The molecular weight excluding hydrogens is 349 g/mol. The van der Waals surface area contributed by atoms with E-state index in [1.165, 1.54) is 24.3 Å². The van der Waals surface area contributed by atoms with Crippen molar-refractivity contribution in [3.8, 4) is 5.75 Å². The van der Waals surface area contributed by atoms with E-state index in [-0.39, 0.29) is 29.4 Å². The van der Waals surface area contributed by atoms with Crippen LogP contribution in [0.5, 0.6) is 5.75 Å². The number of rotatable bonds is 4. The summed E-state index contributed by atoms with van der Waals surface area (Å²) in [4.78, 5) is 23.9. The summed E-state index contributed by atoms with van der Waals surface area (Å²) in [5, 5.41) is 0.286. The van der Waals surface area contributed by atoms with Gasteiger partial charge in [0.1, 0.15) is 22.5 Å². The lowest BCUT2D eigenvalue weighted by Crippen LogP contribution is -2.50. The zero-order valence-corrected chi connectivity index (χ0v) is 14.1. The van der Waals surface area contributed by atoms with Gasteiger partial charge >= 0.3 is 0 Å². The van der Waals surface area contributed by atoms with Crippen molar-refractivity contribution < 1.29 is 13.9 Å². The molecule has 0 atom stereocenters. The minimum absolute atomic E-state index is 0.0854. The van der Waals surface area contributed by atoms with Gasteiger partial charge in [0.05, 0.1) is 0 Å². The van der Waals surface area contributed by atoms with Crippen molar-refractivity contribution in [1.82, 2.24) is 14.9 Å². The summed E-state index contributed by atoms with van der Waals surface area (Å²) < 4.78 is 18.2. The molecule has 1 aliphatic rings. The lowest BCUT2D eigenvalue weighted by Gasteiger charge is -2.35. The number of aromatic nitrogens is 2. The second kappa shape index (κ2) is 7.52. The standard InChI is InChI=1S/C16H17ClFN5O2/c17-13-9-14(21-16(19)20-13)22-5-7-23(8-6-22)15(24)10-25-12-3-1-11(18)2-4-12/h1-4,9H,5-8,10H2,(H2,19,20,21). The van der Waals surface area contributed by atoms with Crippen molar-refractivity contribution in [3.05, 3.63) is 41.3 Å². The molecule has 3 rings (SSSR count). The first kappa shape index (κ1) is 17.2. The Labute approximate surface area is 149 Å². The fraction of sp³-hybridized carbons (Fsp3) is 0.312. The van der Waals surface area contributed by atoms with Crippen molar-refractivity contribution in [1.29, 1.82) is 0 Å². The number of carbonyl (C=O) groups is 1. The molecule has 25 heavy (non-hydrogen) atoms. The number of nitrogens with zero attached hydrogens (tertiary/aromatic N) is 4. The van der Waals surface area contributed by atoms with E-state index in [1.54, 1.807) is 11.0 Å². The van der Waals surface area contributed by atoms with Gasteiger partial charge in [-0.1, -0.05) is 11.6 Å². The summed E-state index contributed by atoms with van der Waals surface area (Å²) in [5.41, 5.74) is 5.61. The number of hydrogen-bond acceptors (Lipinski definition) is 6. The maximum Gasteiger partial charge on any atom is 0.260 e. The molecule has 0 saturated carbocycles. The molecule has 1 fully saturated rings. The predicted molar refractivity (Wildman–Crippen MR) is 92.1 cm³/mol. The molecule has 132 valence electrons. The number of anilines is 2. The van der Waals surface area contributed by atoms with Crippen LogP contribution in [0.15, 0.2) is 30.3 Å². The molecular formula is C16H17ClFN5O2. The number of carbonyl (C=O) groups excluding carboxylic acids is 1. The van der Waals surface area contributed by atoms with Gasteiger partial charge in [-0.05, 0) is 24.3 Å². The van der Waals surface area contributed by atoms with Crippen LogP contribution in [0, 0.1) is 5.82 Å². The molecule has 0 spiro atoms. The van der Waals surface area contributed by atoms with Gasteiger partial charge in [0.2, 0.25) is 5.95 Å². The summed E-state index contributed by atoms with van der Waals surface area (Å²) >= 11 is 5.90. The molecule has 2 aromatic rings. The van der Waals surface area contributed by atoms with E-state index in [0.717, 1.165) is 0 Å². The molecule has 0 aliphatic carbocycles. The minimum atomic E-state index is -0.347. The van der Waals surface area contributed by atoms with E-state index < -0.39 is 0 Å². The van der Waals surface area contributed by atoms with Crippen LogP contribution in [-0.2, 0) is 4.79 Å². The number of ether oxygens (including phenoxy) is 1. The van der Waals surface area contributed by atoms with Crippen LogP contribution < -0.4 is 15.4 Å². The van der Waals surface area contributed by atoms with Gasteiger partial charge in [-0.15, -0.1) is 0 Å². The Bertz CT molecular complexity index is 730. The number of halogens is 2. The molecule has 1 amide bonds. The quantitative estimate of drug-likeness (QED) is 0.828. The Morgan fingerprint density at radius 1 is 1.20 bits per heavy atom. The first-order valence-corrected chi connectivity index (χ1v) is 8.10. The number of piperazine rings is 1. The summed E-state index contributed by atoms with van der Waals surface area (Å²) in [6, 6.07) is 7.20. The summed E-state index contributed by atoms with van der Waals surface area (Å²) in [6.45, 7) is 2.20. The van der Waals surface area contributed by atoms with Gasteiger partial charge in [-0.2, -0.15) is 4.98 Å². The highest BCUT2D eigenvalue weighted by Crippen LogP contribution is 2.19. The Morgan fingerprint density at radius 2 is 1.88 bits per heavy atom. The van der Waals surface area contributed by atoms with Gasteiger partial charge in [0.25, 0.3) is 5.91 Å². The molecule has 9 heteroatoms. The normalized spacial score (nSPS) is 14.5. The molecule has 0 unspecified atom stereocenters. The Balaban J connectivity index is 1.51. The summed E-state index contributed by atoms with van der Waals surface area (Å²) in [5.74, 6) is 0.754. The molecule has 7 nitrogen and oxygen atoms in total. The maximum absolute atomic E-state index is 12.8. The van der Waals surface area contributed by atoms with Gasteiger partial charge in [-0.25, -0.2) is 9.37 Å². The van der Waals surface area contributed by atoms with Gasteiger partial charge in [0.15, 0.2) is 6.61 Å². The first-order valence-electron chi connectivity index (χ1n) is 7.72. The van der Waals surface area contributed by atoms with Gasteiger partial charge in [-0.3, -0.25) is 4.79 Å². The van der Waals surface area contributed by atoms with Crippen LogP contribution in [0.1, 0.15) is 0 Å². The lowest BCUT2D eigenvalue weighted by molar-refractivity contribution is -0.133. The highest BCUT2D eigenvalue weighted by molar-refractivity contribution is 6.29. The van der Waals surface area contributed by atoms with Crippen LogP contribution in [0.4, 0.5) is 16.2 Å². The maximum atomic E-state index is 12.8. The monoisotopic (exact) mass is 365 g/mol. The number of benzene rings is 1. The fourth-order valence-corrected chi connectivity index (χ4v) is 2.72. The highest BCUT2D eigenvalue weighted by atomic mass is 35.5. The smallest absolute Gasteiger partial charge is 0.260 e. The molecule has 0 radical (unpaired) electrons. The zero-order valence-electron chi connectivity index (χ0n) is 13.4. The third-order valence-corrected chi connectivity index (χ3v) is 4.02. The summed E-state index contributed by atoms with van der Waals surface area (Å²) in [7, 11) is 0. The number of amides is 1.